The average Bonchev–Trinajstić information content (AvgIpc) is 2.54. The first-order valence-electron chi connectivity index (χ1n) is 4.11. The van der Waals surface area contributed by atoms with Crippen LogP contribution in [-0.4, -0.2) is 10.4 Å². The summed E-state index contributed by atoms with van der Waals surface area (Å²) < 4.78 is 0. The van der Waals surface area contributed by atoms with Crippen LogP contribution in [0.1, 0.15) is 18.4 Å². The van der Waals surface area contributed by atoms with E-state index < -0.39 is 0 Å². The normalized spacial score (nSPS) is 22.4. The molecule has 62 valence electrons. The fourth-order valence-electron chi connectivity index (χ4n) is 1.47. The Kier molecular flexibility index (Phi) is 2.13. The summed E-state index contributed by atoms with van der Waals surface area (Å²) in [5.41, 5.74) is 2.55. The number of aromatic nitrogens is 1. The molecule has 1 unspecified atom stereocenters. The van der Waals surface area contributed by atoms with Crippen molar-refractivity contribution in [3.05, 3.63) is 36.2 Å². The molecule has 0 spiro atoms. The van der Waals surface area contributed by atoms with Crippen molar-refractivity contribution in [2.45, 2.75) is 18.2 Å². The van der Waals surface area contributed by atoms with Crippen molar-refractivity contribution in [1.82, 2.24) is 4.98 Å². The second-order valence-electron chi connectivity index (χ2n) is 2.99. The molecule has 0 bridgehead atoms. The number of hydrogen-bond acceptors (Lipinski definition) is 1. The first kappa shape index (κ1) is 7.81. The van der Waals surface area contributed by atoms with Crippen LogP contribution in [0.3, 0.4) is 0 Å². The number of nitrogens with zero attached hydrogens (tertiary/aromatic N) is 1. The maximum atomic E-state index is 5.96. The van der Waals surface area contributed by atoms with Gasteiger partial charge in [0, 0.05) is 12.4 Å². The quantitative estimate of drug-likeness (QED) is 0.605. The lowest BCUT2D eigenvalue weighted by molar-refractivity contribution is 0.941. The number of rotatable bonds is 1. The SMILES string of the molecule is ClC1C=C(c2cccnc2)CC1. The zero-order valence-electron chi connectivity index (χ0n) is 6.70. The van der Waals surface area contributed by atoms with E-state index in [0.717, 1.165) is 12.8 Å². The van der Waals surface area contributed by atoms with Crippen LogP contribution >= 0.6 is 11.6 Å². The highest BCUT2D eigenvalue weighted by atomic mass is 35.5. The lowest BCUT2D eigenvalue weighted by atomic mass is 10.1. The molecule has 0 saturated heterocycles. The highest BCUT2D eigenvalue weighted by Crippen LogP contribution is 2.29. The number of pyridine rings is 1. The zero-order chi connectivity index (χ0) is 8.39. The standard InChI is InChI=1S/C10H10ClN/c11-10-4-3-8(6-10)9-2-1-5-12-7-9/h1-2,5-7,10H,3-4H2. The third-order valence-corrected chi connectivity index (χ3v) is 2.45. The van der Waals surface area contributed by atoms with Crippen LogP contribution in [0.5, 0.6) is 0 Å². The summed E-state index contributed by atoms with van der Waals surface area (Å²) >= 11 is 5.96. The largest absolute Gasteiger partial charge is 0.264 e. The second kappa shape index (κ2) is 3.28. The fraction of sp³-hybridized carbons (Fsp3) is 0.300. The van der Waals surface area contributed by atoms with Gasteiger partial charge in [-0.1, -0.05) is 12.1 Å². The van der Waals surface area contributed by atoms with Gasteiger partial charge in [0.05, 0.1) is 5.38 Å². The Morgan fingerprint density at radius 2 is 2.42 bits per heavy atom. The van der Waals surface area contributed by atoms with Crippen molar-refractivity contribution in [2.24, 2.45) is 0 Å². The maximum Gasteiger partial charge on any atom is 0.0525 e. The predicted octanol–water partition coefficient (Wildman–Crippen LogP) is 2.87. The molecule has 0 aliphatic heterocycles. The van der Waals surface area contributed by atoms with Crippen LogP contribution in [0.25, 0.3) is 5.57 Å². The van der Waals surface area contributed by atoms with Crippen molar-refractivity contribution < 1.29 is 0 Å². The minimum Gasteiger partial charge on any atom is -0.264 e. The van der Waals surface area contributed by atoms with Gasteiger partial charge in [-0.15, -0.1) is 11.6 Å². The van der Waals surface area contributed by atoms with Crippen molar-refractivity contribution in [3.8, 4) is 0 Å². The van der Waals surface area contributed by atoms with Crippen LogP contribution in [-0.2, 0) is 0 Å². The van der Waals surface area contributed by atoms with Crippen molar-refractivity contribution >= 4 is 17.2 Å². The minimum absolute atomic E-state index is 0.222. The van der Waals surface area contributed by atoms with Gasteiger partial charge in [-0.2, -0.15) is 0 Å². The van der Waals surface area contributed by atoms with Crippen molar-refractivity contribution in [3.63, 3.8) is 0 Å². The average molecular weight is 180 g/mol. The Bertz CT molecular complexity index is 292. The van der Waals surface area contributed by atoms with Gasteiger partial charge in [-0.05, 0) is 30.0 Å². The summed E-state index contributed by atoms with van der Waals surface area (Å²) in [6.45, 7) is 0. The molecule has 1 heterocycles. The molecule has 1 aromatic heterocycles. The fourth-order valence-corrected chi connectivity index (χ4v) is 1.73. The van der Waals surface area contributed by atoms with Crippen LogP contribution in [0.15, 0.2) is 30.6 Å². The van der Waals surface area contributed by atoms with Crippen LogP contribution in [0.2, 0.25) is 0 Å². The summed E-state index contributed by atoms with van der Waals surface area (Å²) in [5, 5.41) is 0.222. The lowest BCUT2D eigenvalue weighted by Crippen LogP contribution is -1.81. The number of allylic oxidation sites excluding steroid dienone is 2. The summed E-state index contributed by atoms with van der Waals surface area (Å²) in [6.07, 6.45) is 7.95. The molecule has 2 rings (SSSR count). The monoisotopic (exact) mass is 179 g/mol. The van der Waals surface area contributed by atoms with E-state index in [0.29, 0.717) is 0 Å². The minimum atomic E-state index is 0.222. The molecule has 12 heavy (non-hydrogen) atoms. The Morgan fingerprint density at radius 1 is 1.50 bits per heavy atom. The molecule has 1 aromatic rings. The van der Waals surface area contributed by atoms with Gasteiger partial charge in [0.25, 0.3) is 0 Å². The van der Waals surface area contributed by atoms with Crippen LogP contribution in [0, 0.1) is 0 Å². The van der Waals surface area contributed by atoms with E-state index >= 15 is 0 Å². The van der Waals surface area contributed by atoms with Gasteiger partial charge in [-0.3, -0.25) is 4.98 Å². The molecule has 0 fully saturated rings. The van der Waals surface area contributed by atoms with Gasteiger partial charge >= 0.3 is 0 Å². The maximum absolute atomic E-state index is 5.96. The van der Waals surface area contributed by atoms with Gasteiger partial charge < -0.3 is 0 Å². The van der Waals surface area contributed by atoms with Gasteiger partial charge in [0.2, 0.25) is 0 Å². The van der Waals surface area contributed by atoms with Gasteiger partial charge in [0.15, 0.2) is 0 Å². The molecule has 2 heteroatoms. The molecule has 1 aliphatic carbocycles. The predicted molar refractivity (Wildman–Crippen MR) is 51.1 cm³/mol. The molecule has 1 atom stereocenters. The second-order valence-corrected chi connectivity index (χ2v) is 3.55. The number of hydrogen-bond donors (Lipinski definition) is 0. The third kappa shape index (κ3) is 1.51. The molecule has 0 saturated carbocycles. The van der Waals surface area contributed by atoms with E-state index in [9.17, 15) is 0 Å². The van der Waals surface area contributed by atoms with Crippen LogP contribution < -0.4 is 0 Å². The Morgan fingerprint density at radius 3 is 3.00 bits per heavy atom. The van der Waals surface area contributed by atoms with Crippen molar-refractivity contribution in [1.29, 1.82) is 0 Å². The molecule has 0 amide bonds. The van der Waals surface area contributed by atoms with Gasteiger partial charge in [-0.25, -0.2) is 0 Å². The zero-order valence-corrected chi connectivity index (χ0v) is 7.46. The number of alkyl halides is 1. The van der Waals surface area contributed by atoms with Gasteiger partial charge in [0.1, 0.15) is 0 Å². The topological polar surface area (TPSA) is 12.9 Å². The molecule has 0 aromatic carbocycles. The van der Waals surface area contributed by atoms with E-state index in [1.807, 2.05) is 12.3 Å². The van der Waals surface area contributed by atoms with Crippen LogP contribution in [0.4, 0.5) is 0 Å². The molecule has 0 radical (unpaired) electrons. The molecular formula is C10H10ClN. The lowest BCUT2D eigenvalue weighted by Gasteiger charge is -1.98. The summed E-state index contributed by atoms with van der Waals surface area (Å²) in [7, 11) is 0. The highest BCUT2D eigenvalue weighted by Gasteiger charge is 2.13. The van der Waals surface area contributed by atoms with E-state index in [4.69, 9.17) is 11.6 Å². The molecule has 0 N–H and O–H groups in total. The Labute approximate surface area is 77.1 Å². The summed E-state index contributed by atoms with van der Waals surface area (Å²) in [6, 6.07) is 4.03. The molecule has 1 nitrogen and oxygen atoms in total. The van der Waals surface area contributed by atoms with E-state index in [2.05, 4.69) is 17.1 Å². The summed E-state index contributed by atoms with van der Waals surface area (Å²) in [5.74, 6) is 0. The van der Waals surface area contributed by atoms with E-state index in [-0.39, 0.29) is 5.38 Å². The van der Waals surface area contributed by atoms with Crippen molar-refractivity contribution in [2.75, 3.05) is 0 Å². The third-order valence-electron chi connectivity index (χ3n) is 2.10. The van der Waals surface area contributed by atoms with E-state index in [1.165, 1.54) is 11.1 Å². The summed E-state index contributed by atoms with van der Waals surface area (Å²) in [4.78, 5) is 4.07. The Balaban J connectivity index is 2.27. The highest BCUT2D eigenvalue weighted by molar-refractivity contribution is 6.22. The molecular weight excluding hydrogens is 170 g/mol. The molecule has 1 aliphatic rings. The first-order chi connectivity index (χ1) is 5.86. The Hall–Kier alpha value is -0.820. The first-order valence-corrected chi connectivity index (χ1v) is 4.55. The van der Waals surface area contributed by atoms with E-state index in [1.54, 1.807) is 6.20 Å². The smallest absolute Gasteiger partial charge is 0.0525 e. The number of halogens is 1.